The molecule has 0 bridgehead atoms. The molecule has 0 amide bonds. The molecule has 1 saturated heterocycles. The number of carbonyl (C=O) groups is 1. The van der Waals surface area contributed by atoms with E-state index < -0.39 is 11.3 Å². The molecule has 1 aliphatic heterocycles. The number of halogens is 1. The van der Waals surface area contributed by atoms with Gasteiger partial charge in [0.15, 0.2) is 0 Å². The second-order valence-electron chi connectivity index (χ2n) is 3.02. The first-order chi connectivity index (χ1) is 5.70. The minimum Gasteiger partial charge on any atom is -0.480 e. The second kappa shape index (κ2) is 4.67. The minimum absolute atomic E-state index is 0.241. The molecule has 2 unspecified atom stereocenters. The first-order valence-electron chi connectivity index (χ1n) is 4.18. The van der Waals surface area contributed by atoms with E-state index in [1.165, 1.54) is 0 Å². The van der Waals surface area contributed by atoms with Crippen molar-refractivity contribution in [3.8, 4) is 0 Å². The van der Waals surface area contributed by atoms with Crippen molar-refractivity contribution >= 4 is 17.6 Å². The van der Waals surface area contributed by atoms with Crippen molar-refractivity contribution in [1.82, 2.24) is 0 Å². The molecular formula is C8H13ClO3. The average molecular weight is 193 g/mol. The van der Waals surface area contributed by atoms with Crippen molar-refractivity contribution < 1.29 is 14.6 Å². The van der Waals surface area contributed by atoms with Gasteiger partial charge in [-0.05, 0) is 25.7 Å². The average Bonchev–Trinajstić information content (AvgIpc) is 2.51. The third kappa shape index (κ3) is 2.99. The van der Waals surface area contributed by atoms with Gasteiger partial charge in [-0.25, -0.2) is 0 Å². The van der Waals surface area contributed by atoms with Crippen LogP contribution in [0.15, 0.2) is 0 Å². The number of hydrogen-bond donors (Lipinski definition) is 1. The maximum Gasteiger partial charge on any atom is 0.321 e. The second-order valence-corrected chi connectivity index (χ2v) is 3.54. The summed E-state index contributed by atoms with van der Waals surface area (Å²) < 4.78 is 5.33. The Morgan fingerprint density at radius 1 is 1.75 bits per heavy atom. The van der Waals surface area contributed by atoms with Gasteiger partial charge in [-0.3, -0.25) is 4.79 Å². The monoisotopic (exact) mass is 192 g/mol. The molecule has 70 valence electrons. The van der Waals surface area contributed by atoms with Crippen molar-refractivity contribution in [3.05, 3.63) is 0 Å². The number of aliphatic carboxylic acids is 1. The van der Waals surface area contributed by atoms with Crippen LogP contribution in [0.5, 0.6) is 0 Å². The number of alkyl halides is 1. The Hall–Kier alpha value is -0.280. The highest BCUT2D eigenvalue weighted by atomic mass is 35.5. The van der Waals surface area contributed by atoms with Crippen molar-refractivity contribution in [2.45, 2.75) is 37.2 Å². The van der Waals surface area contributed by atoms with Gasteiger partial charge in [0.2, 0.25) is 0 Å². The highest BCUT2D eigenvalue weighted by molar-refractivity contribution is 6.29. The molecular weight excluding hydrogens is 180 g/mol. The smallest absolute Gasteiger partial charge is 0.321 e. The van der Waals surface area contributed by atoms with Crippen molar-refractivity contribution in [3.63, 3.8) is 0 Å². The van der Waals surface area contributed by atoms with Crippen LogP contribution in [0.1, 0.15) is 25.7 Å². The van der Waals surface area contributed by atoms with Gasteiger partial charge in [-0.1, -0.05) is 0 Å². The van der Waals surface area contributed by atoms with Crippen LogP contribution in [-0.4, -0.2) is 29.2 Å². The van der Waals surface area contributed by atoms with Crippen LogP contribution in [-0.2, 0) is 9.53 Å². The number of rotatable bonds is 4. The van der Waals surface area contributed by atoms with E-state index in [4.69, 9.17) is 21.4 Å². The number of carboxylic acid groups (broad SMARTS) is 1. The molecule has 1 fully saturated rings. The van der Waals surface area contributed by atoms with Gasteiger partial charge in [0.25, 0.3) is 0 Å². The van der Waals surface area contributed by atoms with E-state index in [0.29, 0.717) is 6.42 Å². The van der Waals surface area contributed by atoms with Crippen LogP contribution in [0.3, 0.4) is 0 Å². The largest absolute Gasteiger partial charge is 0.480 e. The zero-order valence-electron chi connectivity index (χ0n) is 6.83. The number of carboxylic acids is 1. The molecule has 0 aliphatic carbocycles. The summed E-state index contributed by atoms with van der Waals surface area (Å²) in [6, 6.07) is 0. The fourth-order valence-electron chi connectivity index (χ4n) is 1.33. The fourth-order valence-corrected chi connectivity index (χ4v) is 1.45. The van der Waals surface area contributed by atoms with Crippen LogP contribution in [0.4, 0.5) is 0 Å². The highest BCUT2D eigenvalue weighted by Gasteiger charge is 2.19. The normalized spacial score (nSPS) is 25.6. The maximum absolute atomic E-state index is 10.3. The van der Waals surface area contributed by atoms with E-state index >= 15 is 0 Å². The molecule has 4 heteroatoms. The van der Waals surface area contributed by atoms with Gasteiger partial charge >= 0.3 is 5.97 Å². The number of ether oxygens (including phenoxy) is 1. The summed E-state index contributed by atoms with van der Waals surface area (Å²) in [4.78, 5) is 10.3. The summed E-state index contributed by atoms with van der Waals surface area (Å²) in [7, 11) is 0. The van der Waals surface area contributed by atoms with Crippen molar-refractivity contribution in [2.24, 2.45) is 0 Å². The van der Waals surface area contributed by atoms with Gasteiger partial charge in [0.05, 0.1) is 6.10 Å². The van der Waals surface area contributed by atoms with E-state index in [1.807, 2.05) is 0 Å². The van der Waals surface area contributed by atoms with Gasteiger partial charge < -0.3 is 9.84 Å². The molecule has 0 radical (unpaired) electrons. The topological polar surface area (TPSA) is 46.5 Å². The summed E-state index contributed by atoms with van der Waals surface area (Å²) in [5.74, 6) is -0.935. The molecule has 1 heterocycles. The molecule has 1 N–H and O–H groups in total. The Bertz CT molecular complexity index is 154. The molecule has 1 aliphatic rings. The first-order valence-corrected chi connectivity index (χ1v) is 4.62. The third-order valence-electron chi connectivity index (χ3n) is 2.03. The van der Waals surface area contributed by atoms with E-state index in [9.17, 15) is 4.79 Å². The van der Waals surface area contributed by atoms with E-state index in [0.717, 1.165) is 25.9 Å². The Balaban J connectivity index is 2.11. The molecule has 0 aromatic rings. The zero-order chi connectivity index (χ0) is 8.97. The predicted octanol–water partition coefficient (Wildman–Crippen LogP) is 1.64. The first kappa shape index (κ1) is 9.81. The summed E-state index contributed by atoms with van der Waals surface area (Å²) in [6.07, 6.45) is 3.64. The lowest BCUT2D eigenvalue weighted by atomic mass is 10.1. The Labute approximate surface area is 76.7 Å². The molecule has 3 nitrogen and oxygen atoms in total. The van der Waals surface area contributed by atoms with Gasteiger partial charge in [0, 0.05) is 6.61 Å². The number of hydrogen-bond acceptors (Lipinski definition) is 2. The van der Waals surface area contributed by atoms with Gasteiger partial charge in [-0.2, -0.15) is 0 Å². The summed E-state index contributed by atoms with van der Waals surface area (Å²) >= 11 is 5.54. The quantitative estimate of drug-likeness (QED) is 0.689. The maximum atomic E-state index is 10.3. The highest BCUT2D eigenvalue weighted by Crippen LogP contribution is 2.19. The van der Waals surface area contributed by atoms with Crippen LogP contribution >= 0.6 is 11.6 Å². The third-order valence-corrected chi connectivity index (χ3v) is 2.44. The van der Waals surface area contributed by atoms with Crippen LogP contribution in [0, 0.1) is 0 Å². The van der Waals surface area contributed by atoms with Crippen LogP contribution in [0.25, 0.3) is 0 Å². The zero-order valence-corrected chi connectivity index (χ0v) is 7.59. The van der Waals surface area contributed by atoms with Crippen molar-refractivity contribution in [2.75, 3.05) is 6.61 Å². The van der Waals surface area contributed by atoms with E-state index in [-0.39, 0.29) is 6.10 Å². The molecule has 0 aromatic heterocycles. The molecule has 1 rings (SSSR count). The van der Waals surface area contributed by atoms with Gasteiger partial charge in [0.1, 0.15) is 5.38 Å². The van der Waals surface area contributed by atoms with E-state index in [1.54, 1.807) is 0 Å². The summed E-state index contributed by atoms with van der Waals surface area (Å²) in [6.45, 7) is 0.810. The van der Waals surface area contributed by atoms with E-state index in [2.05, 4.69) is 0 Å². The Morgan fingerprint density at radius 2 is 2.50 bits per heavy atom. The standard InChI is InChI=1S/C8H13ClO3/c9-7(8(10)11)4-3-6-2-1-5-12-6/h6-7H,1-5H2,(H,10,11). The minimum atomic E-state index is -0.935. The lowest BCUT2D eigenvalue weighted by molar-refractivity contribution is -0.136. The summed E-state index contributed by atoms with van der Waals surface area (Å²) in [5.41, 5.74) is 0. The summed E-state index contributed by atoms with van der Waals surface area (Å²) in [5, 5.41) is 7.73. The van der Waals surface area contributed by atoms with Gasteiger partial charge in [-0.15, -0.1) is 11.6 Å². The molecule has 2 atom stereocenters. The molecule has 0 saturated carbocycles. The Kier molecular flexibility index (Phi) is 3.82. The van der Waals surface area contributed by atoms with Crippen molar-refractivity contribution in [1.29, 1.82) is 0 Å². The lowest BCUT2D eigenvalue weighted by Crippen LogP contribution is -2.16. The molecule has 0 aromatic carbocycles. The fraction of sp³-hybridized carbons (Fsp3) is 0.875. The van der Waals surface area contributed by atoms with Crippen LogP contribution in [0.2, 0.25) is 0 Å². The molecule has 0 spiro atoms. The predicted molar refractivity (Wildman–Crippen MR) is 45.5 cm³/mol. The lowest BCUT2D eigenvalue weighted by Gasteiger charge is -2.09. The SMILES string of the molecule is O=C(O)C(Cl)CCC1CCCO1. The van der Waals surface area contributed by atoms with Crippen LogP contribution < -0.4 is 0 Å². The molecule has 12 heavy (non-hydrogen) atoms. The Morgan fingerprint density at radius 3 is 3.00 bits per heavy atom.